The zero-order valence-electron chi connectivity index (χ0n) is 11.8. The van der Waals surface area contributed by atoms with Gasteiger partial charge in [0.1, 0.15) is 5.69 Å². The number of carbonyl (C=O) groups is 1. The van der Waals surface area contributed by atoms with Gasteiger partial charge in [-0.05, 0) is 32.5 Å². The largest absolute Gasteiger partial charge is 0.348 e. The Morgan fingerprint density at radius 1 is 1.52 bits per heavy atom. The number of carbonyl (C=O) groups excluding carboxylic acids is 1. The number of hydrazine groups is 1. The van der Waals surface area contributed by atoms with Crippen molar-refractivity contribution in [3.8, 4) is 0 Å². The Kier molecular flexibility index (Phi) is 4.71. The van der Waals surface area contributed by atoms with Gasteiger partial charge in [0.2, 0.25) is 0 Å². The second-order valence-electron chi connectivity index (χ2n) is 5.18. The fraction of sp³-hybridized carbons (Fsp3) is 0.462. The van der Waals surface area contributed by atoms with Crippen LogP contribution in [0.25, 0.3) is 0 Å². The number of likely N-dealkylation sites (tertiary alicyclic amines) is 1. The Bertz CT molecular complexity index is 549. The van der Waals surface area contributed by atoms with Crippen LogP contribution in [0.3, 0.4) is 0 Å². The van der Waals surface area contributed by atoms with Crippen molar-refractivity contribution in [2.24, 2.45) is 5.84 Å². The Morgan fingerprint density at radius 2 is 2.29 bits per heavy atom. The van der Waals surface area contributed by atoms with E-state index >= 15 is 0 Å². The van der Waals surface area contributed by atoms with Gasteiger partial charge in [-0.15, -0.1) is 0 Å². The number of piperidine rings is 1. The zero-order valence-corrected chi connectivity index (χ0v) is 11.8. The molecule has 1 aliphatic heterocycles. The molecule has 1 aliphatic rings. The first-order valence-corrected chi connectivity index (χ1v) is 6.76. The van der Waals surface area contributed by atoms with E-state index in [1.165, 1.54) is 18.2 Å². The number of para-hydroxylation sites is 1. The van der Waals surface area contributed by atoms with Crippen molar-refractivity contribution in [1.29, 1.82) is 0 Å². The summed E-state index contributed by atoms with van der Waals surface area (Å²) in [5, 5.41) is 13.9. The molecular formula is C13H19N5O3. The van der Waals surface area contributed by atoms with Crippen molar-refractivity contribution < 1.29 is 9.72 Å². The number of nitrogens with one attached hydrogen (secondary N) is 2. The quantitative estimate of drug-likeness (QED) is 0.428. The number of anilines is 1. The average Bonchev–Trinajstić information content (AvgIpc) is 2.46. The average molecular weight is 293 g/mol. The first kappa shape index (κ1) is 15.2. The van der Waals surface area contributed by atoms with E-state index in [9.17, 15) is 14.9 Å². The molecular weight excluding hydrogens is 274 g/mol. The van der Waals surface area contributed by atoms with Gasteiger partial charge in [0.25, 0.3) is 11.6 Å². The van der Waals surface area contributed by atoms with Crippen LogP contribution in [0.1, 0.15) is 23.2 Å². The smallest absolute Gasteiger partial charge is 0.294 e. The molecule has 1 saturated heterocycles. The van der Waals surface area contributed by atoms with Crippen molar-refractivity contribution in [3.63, 3.8) is 0 Å². The molecule has 1 aromatic rings. The van der Waals surface area contributed by atoms with Crippen molar-refractivity contribution >= 4 is 17.3 Å². The van der Waals surface area contributed by atoms with E-state index in [1.807, 2.05) is 7.05 Å². The summed E-state index contributed by atoms with van der Waals surface area (Å²) in [6, 6.07) is 4.34. The van der Waals surface area contributed by atoms with Gasteiger partial charge in [0.15, 0.2) is 0 Å². The van der Waals surface area contributed by atoms with Crippen LogP contribution < -0.4 is 16.6 Å². The van der Waals surface area contributed by atoms with E-state index < -0.39 is 4.92 Å². The predicted octanol–water partition coefficient (Wildman–Crippen LogP) is 0.704. The molecule has 0 radical (unpaired) electrons. The highest BCUT2D eigenvalue weighted by Gasteiger charge is 2.24. The minimum atomic E-state index is -0.569. The van der Waals surface area contributed by atoms with Crippen LogP contribution >= 0.6 is 0 Å². The monoisotopic (exact) mass is 293 g/mol. The molecule has 0 bridgehead atoms. The van der Waals surface area contributed by atoms with Gasteiger partial charge < -0.3 is 15.6 Å². The van der Waals surface area contributed by atoms with Crippen LogP contribution in [0.15, 0.2) is 18.2 Å². The molecule has 1 fully saturated rings. The number of hydrogen-bond donors (Lipinski definition) is 3. The number of nitro benzene ring substituents is 1. The highest BCUT2D eigenvalue weighted by Crippen LogP contribution is 2.27. The molecule has 1 heterocycles. The highest BCUT2D eigenvalue weighted by atomic mass is 16.6. The third-order valence-corrected chi connectivity index (χ3v) is 3.59. The van der Waals surface area contributed by atoms with Gasteiger partial charge in [-0.2, -0.15) is 0 Å². The minimum absolute atomic E-state index is 0.0316. The Labute approximate surface area is 122 Å². The standard InChI is InChI=1S/C13H19N5O3/c1-17-7-3-4-9(8-17)15-13(19)10-5-2-6-11(18(20)21)12(10)16-14/h2,5-6,9,16H,3-4,7-8,14H2,1H3,(H,15,19). The second kappa shape index (κ2) is 6.51. The summed E-state index contributed by atoms with van der Waals surface area (Å²) >= 11 is 0. The first-order valence-electron chi connectivity index (χ1n) is 6.76. The molecule has 1 amide bonds. The van der Waals surface area contributed by atoms with Crippen molar-refractivity contribution in [1.82, 2.24) is 10.2 Å². The van der Waals surface area contributed by atoms with E-state index in [2.05, 4.69) is 15.6 Å². The van der Waals surface area contributed by atoms with E-state index in [1.54, 1.807) is 0 Å². The molecule has 1 unspecified atom stereocenters. The molecule has 0 spiro atoms. The summed E-state index contributed by atoms with van der Waals surface area (Å²) in [6.45, 7) is 1.78. The molecule has 0 aliphatic carbocycles. The first-order chi connectivity index (χ1) is 10.0. The van der Waals surface area contributed by atoms with Gasteiger partial charge in [0.05, 0.1) is 10.5 Å². The molecule has 1 aromatic carbocycles. The van der Waals surface area contributed by atoms with Gasteiger partial charge >= 0.3 is 0 Å². The maximum absolute atomic E-state index is 12.3. The SMILES string of the molecule is CN1CCCC(NC(=O)c2cccc([N+](=O)[O-])c2NN)C1. The van der Waals surface area contributed by atoms with Gasteiger partial charge in [-0.3, -0.25) is 20.8 Å². The Hall–Kier alpha value is -2.19. The van der Waals surface area contributed by atoms with Crippen LogP contribution in [-0.4, -0.2) is 41.9 Å². The van der Waals surface area contributed by atoms with Crippen LogP contribution in [0.4, 0.5) is 11.4 Å². The molecule has 4 N–H and O–H groups in total. The summed E-state index contributed by atoms with van der Waals surface area (Å²) in [5.74, 6) is 4.98. The Morgan fingerprint density at radius 3 is 2.90 bits per heavy atom. The number of hydrogen-bond acceptors (Lipinski definition) is 6. The lowest BCUT2D eigenvalue weighted by Crippen LogP contribution is -2.46. The molecule has 114 valence electrons. The number of nitrogens with two attached hydrogens (primary N) is 1. The van der Waals surface area contributed by atoms with Gasteiger partial charge in [-0.25, -0.2) is 0 Å². The maximum Gasteiger partial charge on any atom is 0.294 e. The summed E-state index contributed by atoms with van der Waals surface area (Å²) in [7, 11) is 2.00. The summed E-state index contributed by atoms with van der Waals surface area (Å²) < 4.78 is 0. The predicted molar refractivity (Wildman–Crippen MR) is 78.9 cm³/mol. The van der Waals surface area contributed by atoms with Crippen molar-refractivity contribution in [3.05, 3.63) is 33.9 Å². The number of nitro groups is 1. The fourth-order valence-electron chi connectivity index (χ4n) is 2.58. The molecule has 2 rings (SSSR count). The van der Waals surface area contributed by atoms with E-state index in [-0.39, 0.29) is 28.9 Å². The summed E-state index contributed by atoms with van der Waals surface area (Å²) in [6.07, 6.45) is 1.91. The van der Waals surface area contributed by atoms with Crippen molar-refractivity contribution in [2.45, 2.75) is 18.9 Å². The fourth-order valence-corrected chi connectivity index (χ4v) is 2.58. The molecule has 1 atom stereocenters. The van der Waals surface area contributed by atoms with E-state index in [4.69, 9.17) is 5.84 Å². The molecule has 8 nitrogen and oxygen atoms in total. The molecule has 8 heteroatoms. The lowest BCUT2D eigenvalue weighted by atomic mass is 10.0. The number of nitrogen functional groups attached to an aromatic ring is 1. The molecule has 0 aromatic heterocycles. The van der Waals surface area contributed by atoms with Gasteiger partial charge in [0, 0.05) is 18.7 Å². The zero-order chi connectivity index (χ0) is 15.4. The number of likely N-dealkylation sites (N-methyl/N-ethyl adjacent to an activating group) is 1. The third kappa shape index (κ3) is 3.47. The third-order valence-electron chi connectivity index (χ3n) is 3.59. The number of rotatable bonds is 4. The summed E-state index contributed by atoms with van der Waals surface area (Å²) in [4.78, 5) is 24.9. The van der Waals surface area contributed by atoms with Crippen LogP contribution in [-0.2, 0) is 0 Å². The van der Waals surface area contributed by atoms with Gasteiger partial charge in [-0.1, -0.05) is 6.07 Å². The lowest BCUT2D eigenvalue weighted by molar-refractivity contribution is -0.384. The Balaban J connectivity index is 2.19. The second-order valence-corrected chi connectivity index (χ2v) is 5.18. The van der Waals surface area contributed by atoms with Crippen LogP contribution in [0, 0.1) is 10.1 Å². The maximum atomic E-state index is 12.3. The number of benzene rings is 1. The van der Waals surface area contributed by atoms with E-state index in [0.29, 0.717) is 0 Å². The topological polar surface area (TPSA) is 114 Å². The lowest BCUT2D eigenvalue weighted by Gasteiger charge is -2.30. The van der Waals surface area contributed by atoms with Crippen LogP contribution in [0.2, 0.25) is 0 Å². The number of amides is 1. The van der Waals surface area contributed by atoms with Crippen molar-refractivity contribution in [2.75, 3.05) is 25.6 Å². The highest BCUT2D eigenvalue weighted by molar-refractivity contribution is 6.01. The van der Waals surface area contributed by atoms with Crippen LogP contribution in [0.5, 0.6) is 0 Å². The molecule has 21 heavy (non-hydrogen) atoms. The molecule has 0 saturated carbocycles. The summed E-state index contributed by atoms with van der Waals surface area (Å²) in [5.41, 5.74) is 2.25. The van der Waals surface area contributed by atoms with E-state index in [0.717, 1.165) is 25.9 Å². The normalized spacial score (nSPS) is 19.0. The minimum Gasteiger partial charge on any atom is -0.348 e. The number of nitrogens with zero attached hydrogens (tertiary/aromatic N) is 2.